The lowest BCUT2D eigenvalue weighted by Gasteiger charge is -2.26. The lowest BCUT2D eigenvalue weighted by atomic mass is 10.2. The molecule has 2 N–H and O–H groups in total. The van der Waals surface area contributed by atoms with E-state index < -0.39 is 12.0 Å². The summed E-state index contributed by atoms with van der Waals surface area (Å²) in [5.41, 5.74) is 0. The first-order valence-electron chi connectivity index (χ1n) is 6.22. The number of carboxylic acid groups (broad SMARTS) is 1. The molecular formula is C12H26N2O2. The molecule has 96 valence electrons. The molecule has 16 heavy (non-hydrogen) atoms. The SMILES string of the molecule is CCCN(CCC)CC(NC(C)C)C(=O)O. The lowest BCUT2D eigenvalue weighted by molar-refractivity contribution is -0.140. The predicted octanol–water partition coefficient (Wildman–Crippen LogP) is 1.56. The topological polar surface area (TPSA) is 52.6 Å². The van der Waals surface area contributed by atoms with Gasteiger partial charge in [0.15, 0.2) is 0 Å². The Kier molecular flexibility index (Phi) is 8.21. The van der Waals surface area contributed by atoms with Gasteiger partial charge in [-0.05, 0) is 25.9 Å². The van der Waals surface area contributed by atoms with Crippen LogP contribution in [0.15, 0.2) is 0 Å². The Morgan fingerprint density at radius 3 is 2.06 bits per heavy atom. The van der Waals surface area contributed by atoms with Crippen LogP contribution in [0.2, 0.25) is 0 Å². The van der Waals surface area contributed by atoms with Gasteiger partial charge in [-0.3, -0.25) is 4.79 Å². The van der Waals surface area contributed by atoms with Gasteiger partial charge in [0.1, 0.15) is 6.04 Å². The van der Waals surface area contributed by atoms with Crippen LogP contribution in [0.4, 0.5) is 0 Å². The molecule has 1 atom stereocenters. The van der Waals surface area contributed by atoms with Crippen molar-refractivity contribution in [3.8, 4) is 0 Å². The highest BCUT2D eigenvalue weighted by Crippen LogP contribution is 1.98. The first kappa shape index (κ1) is 15.4. The van der Waals surface area contributed by atoms with Gasteiger partial charge >= 0.3 is 5.97 Å². The van der Waals surface area contributed by atoms with Crippen molar-refractivity contribution in [2.24, 2.45) is 0 Å². The van der Waals surface area contributed by atoms with Gasteiger partial charge in [-0.15, -0.1) is 0 Å². The lowest BCUT2D eigenvalue weighted by Crippen LogP contribution is -2.48. The highest BCUT2D eigenvalue weighted by molar-refractivity contribution is 5.73. The summed E-state index contributed by atoms with van der Waals surface area (Å²) in [4.78, 5) is 13.3. The van der Waals surface area contributed by atoms with Crippen molar-refractivity contribution in [1.82, 2.24) is 10.2 Å². The molecule has 4 heteroatoms. The van der Waals surface area contributed by atoms with Gasteiger partial charge < -0.3 is 15.3 Å². The van der Waals surface area contributed by atoms with Crippen LogP contribution in [-0.4, -0.2) is 47.7 Å². The number of nitrogens with zero attached hydrogens (tertiary/aromatic N) is 1. The van der Waals surface area contributed by atoms with E-state index >= 15 is 0 Å². The molecule has 0 aliphatic rings. The average molecular weight is 230 g/mol. The molecule has 0 bridgehead atoms. The van der Waals surface area contributed by atoms with E-state index in [-0.39, 0.29) is 6.04 Å². The Bertz CT molecular complexity index is 189. The highest BCUT2D eigenvalue weighted by Gasteiger charge is 2.20. The minimum Gasteiger partial charge on any atom is -0.480 e. The van der Waals surface area contributed by atoms with E-state index in [2.05, 4.69) is 24.1 Å². The monoisotopic (exact) mass is 230 g/mol. The highest BCUT2D eigenvalue weighted by atomic mass is 16.4. The van der Waals surface area contributed by atoms with Crippen LogP contribution in [0.25, 0.3) is 0 Å². The third-order valence-electron chi connectivity index (χ3n) is 2.35. The van der Waals surface area contributed by atoms with Gasteiger partial charge in [-0.2, -0.15) is 0 Å². The summed E-state index contributed by atoms with van der Waals surface area (Å²) in [6.07, 6.45) is 2.13. The molecule has 0 heterocycles. The maximum absolute atomic E-state index is 11.1. The molecule has 0 amide bonds. The van der Waals surface area contributed by atoms with Crippen molar-refractivity contribution in [1.29, 1.82) is 0 Å². The number of hydrogen-bond donors (Lipinski definition) is 2. The third-order valence-corrected chi connectivity index (χ3v) is 2.35. The predicted molar refractivity (Wildman–Crippen MR) is 66.7 cm³/mol. The van der Waals surface area contributed by atoms with Gasteiger partial charge in [0.25, 0.3) is 0 Å². The maximum Gasteiger partial charge on any atom is 0.322 e. The second-order valence-electron chi connectivity index (χ2n) is 4.51. The Morgan fingerprint density at radius 2 is 1.75 bits per heavy atom. The summed E-state index contributed by atoms with van der Waals surface area (Å²) in [5, 5.41) is 12.2. The minimum absolute atomic E-state index is 0.200. The van der Waals surface area contributed by atoms with Gasteiger partial charge in [-0.1, -0.05) is 27.7 Å². The fourth-order valence-electron chi connectivity index (χ4n) is 1.79. The molecule has 0 spiro atoms. The molecule has 0 saturated carbocycles. The summed E-state index contributed by atoms with van der Waals surface area (Å²) in [5.74, 6) is -0.758. The molecule has 0 aromatic heterocycles. The van der Waals surface area contributed by atoms with Crippen LogP contribution in [0.3, 0.4) is 0 Å². The smallest absolute Gasteiger partial charge is 0.322 e. The zero-order valence-corrected chi connectivity index (χ0v) is 11.0. The van der Waals surface area contributed by atoms with Crippen LogP contribution >= 0.6 is 0 Å². The quantitative estimate of drug-likeness (QED) is 0.631. The second-order valence-corrected chi connectivity index (χ2v) is 4.51. The van der Waals surface area contributed by atoms with E-state index in [0.29, 0.717) is 6.54 Å². The zero-order chi connectivity index (χ0) is 12.6. The second kappa shape index (κ2) is 8.53. The van der Waals surface area contributed by atoms with Crippen LogP contribution < -0.4 is 5.32 Å². The number of hydrogen-bond acceptors (Lipinski definition) is 3. The standard InChI is InChI=1S/C12H26N2O2/c1-5-7-14(8-6-2)9-11(12(15)16)13-10(3)4/h10-11,13H,5-9H2,1-4H3,(H,15,16). The van der Waals surface area contributed by atoms with E-state index in [1.807, 2.05) is 13.8 Å². The summed E-state index contributed by atoms with van der Waals surface area (Å²) in [6.45, 7) is 10.7. The van der Waals surface area contributed by atoms with E-state index in [4.69, 9.17) is 5.11 Å². The van der Waals surface area contributed by atoms with Crippen LogP contribution in [-0.2, 0) is 4.79 Å². The fourth-order valence-corrected chi connectivity index (χ4v) is 1.79. The largest absolute Gasteiger partial charge is 0.480 e. The fraction of sp³-hybridized carbons (Fsp3) is 0.917. The van der Waals surface area contributed by atoms with Crippen molar-refractivity contribution in [3.05, 3.63) is 0 Å². The summed E-state index contributed by atoms with van der Waals surface area (Å²) in [6, 6.07) is -0.260. The van der Waals surface area contributed by atoms with Crippen LogP contribution in [0.1, 0.15) is 40.5 Å². The van der Waals surface area contributed by atoms with E-state index in [1.54, 1.807) is 0 Å². The van der Waals surface area contributed by atoms with Gasteiger partial charge in [0, 0.05) is 12.6 Å². The Balaban J connectivity index is 4.26. The molecule has 0 radical (unpaired) electrons. The summed E-state index contributed by atoms with van der Waals surface area (Å²) >= 11 is 0. The Morgan fingerprint density at radius 1 is 1.25 bits per heavy atom. The Hall–Kier alpha value is -0.610. The van der Waals surface area contributed by atoms with E-state index in [0.717, 1.165) is 25.9 Å². The van der Waals surface area contributed by atoms with Crippen molar-refractivity contribution in [2.75, 3.05) is 19.6 Å². The zero-order valence-electron chi connectivity index (χ0n) is 11.0. The molecule has 0 aliphatic carbocycles. The van der Waals surface area contributed by atoms with Gasteiger partial charge in [0.05, 0.1) is 0 Å². The van der Waals surface area contributed by atoms with Gasteiger partial charge in [0.2, 0.25) is 0 Å². The molecule has 4 nitrogen and oxygen atoms in total. The minimum atomic E-state index is -0.758. The number of rotatable bonds is 9. The number of carbonyl (C=O) groups is 1. The van der Waals surface area contributed by atoms with Crippen molar-refractivity contribution >= 4 is 5.97 Å². The van der Waals surface area contributed by atoms with Gasteiger partial charge in [-0.25, -0.2) is 0 Å². The van der Waals surface area contributed by atoms with Crippen molar-refractivity contribution in [2.45, 2.75) is 52.6 Å². The molecule has 1 unspecified atom stereocenters. The molecule has 0 saturated heterocycles. The first-order chi connectivity index (χ1) is 7.51. The average Bonchev–Trinajstić information content (AvgIpc) is 2.16. The summed E-state index contributed by atoms with van der Waals surface area (Å²) < 4.78 is 0. The maximum atomic E-state index is 11.1. The molecule has 0 fully saturated rings. The van der Waals surface area contributed by atoms with Crippen LogP contribution in [0.5, 0.6) is 0 Å². The van der Waals surface area contributed by atoms with Crippen molar-refractivity contribution < 1.29 is 9.90 Å². The Labute approximate surface area is 99.0 Å². The van der Waals surface area contributed by atoms with Crippen LogP contribution in [0, 0.1) is 0 Å². The molecule has 0 rings (SSSR count). The van der Waals surface area contributed by atoms with E-state index in [1.165, 1.54) is 0 Å². The molecule has 0 aromatic rings. The molecule has 0 aromatic carbocycles. The number of nitrogens with one attached hydrogen (secondary N) is 1. The summed E-state index contributed by atoms with van der Waals surface area (Å²) in [7, 11) is 0. The molecule has 0 aliphatic heterocycles. The number of aliphatic carboxylic acids is 1. The third kappa shape index (κ3) is 6.80. The van der Waals surface area contributed by atoms with Crippen molar-refractivity contribution in [3.63, 3.8) is 0 Å². The first-order valence-corrected chi connectivity index (χ1v) is 6.22. The normalized spacial score (nSPS) is 13.4. The number of carboxylic acids is 1. The molecular weight excluding hydrogens is 204 g/mol. The van der Waals surface area contributed by atoms with E-state index in [9.17, 15) is 4.79 Å².